The van der Waals surface area contributed by atoms with E-state index in [1.807, 2.05) is 0 Å². The summed E-state index contributed by atoms with van der Waals surface area (Å²) in [4.78, 5) is 7.51. The van der Waals surface area contributed by atoms with Gasteiger partial charge in [-0.15, -0.1) is 0 Å². The van der Waals surface area contributed by atoms with E-state index in [4.69, 9.17) is 0 Å². The molecule has 0 saturated carbocycles. The number of hydrogen-bond acceptors (Lipinski definition) is 3. The van der Waals surface area contributed by atoms with Crippen LogP contribution in [0.5, 0.6) is 0 Å². The first kappa shape index (κ1) is 37.9. The third-order valence-electron chi connectivity index (χ3n) is 13.6. The number of rotatable bonds is 6. The fourth-order valence-corrected chi connectivity index (χ4v) is 10.7. The van der Waals surface area contributed by atoms with Gasteiger partial charge < -0.3 is 19.3 Å². The molecule has 66 heavy (non-hydrogen) atoms. The number of benzene rings is 10. The highest BCUT2D eigenvalue weighted by Gasteiger charge is 2.32. The van der Waals surface area contributed by atoms with Crippen LogP contribution in [0.25, 0.3) is 76.7 Å². The Morgan fingerprint density at radius 3 is 1.21 bits per heavy atom. The zero-order valence-corrected chi connectivity index (χ0v) is 36.3. The molecule has 0 unspecified atom stereocenters. The van der Waals surface area contributed by atoms with E-state index in [0.717, 1.165) is 11.4 Å². The van der Waals surface area contributed by atoms with Crippen molar-refractivity contribution in [3.63, 3.8) is 0 Å². The quantitative estimate of drug-likeness (QED) is 0.166. The summed E-state index contributed by atoms with van der Waals surface area (Å²) in [7, 11) is 0. The topological polar surface area (TPSA) is 14.7 Å². The summed E-state index contributed by atoms with van der Waals surface area (Å²) in [6.45, 7) is 1.30. The third kappa shape index (κ3) is 6.07. The lowest BCUT2D eigenvalue weighted by atomic mass is 9.95. The van der Waals surface area contributed by atoms with Gasteiger partial charge in [0.15, 0.2) is 0 Å². The van der Waals surface area contributed by atoms with Crippen molar-refractivity contribution < 1.29 is 0 Å². The van der Waals surface area contributed by atoms with Crippen molar-refractivity contribution in [3.05, 3.63) is 243 Å². The Labute approximate surface area is 384 Å². The Kier molecular flexibility index (Phi) is 8.95. The summed E-state index contributed by atoms with van der Waals surface area (Å²) < 4.78 is 2.59. The van der Waals surface area contributed by atoms with Crippen LogP contribution in [0.2, 0.25) is 0 Å². The van der Waals surface area contributed by atoms with Gasteiger partial charge in [0.2, 0.25) is 0 Å². The number of nitrogens with zero attached hydrogens (tertiary/aromatic N) is 4. The maximum Gasteiger partial charge on any atom is 0.100 e. The minimum absolute atomic E-state index is 0.643. The Morgan fingerprint density at radius 2 is 0.636 bits per heavy atom. The van der Waals surface area contributed by atoms with Gasteiger partial charge in [0, 0.05) is 38.8 Å². The van der Waals surface area contributed by atoms with E-state index in [0.29, 0.717) is 13.3 Å². The molecule has 0 saturated heterocycles. The minimum atomic E-state index is 0.643. The van der Waals surface area contributed by atoms with Crippen LogP contribution in [0.1, 0.15) is 0 Å². The predicted octanol–water partition coefficient (Wildman–Crippen LogP) is 16.6. The first-order chi connectivity index (χ1) is 32.8. The maximum absolute atomic E-state index is 2.59. The van der Waals surface area contributed by atoms with E-state index in [9.17, 15) is 0 Å². The van der Waals surface area contributed by atoms with Crippen molar-refractivity contribution in [1.29, 1.82) is 0 Å². The van der Waals surface area contributed by atoms with Gasteiger partial charge >= 0.3 is 0 Å². The lowest BCUT2D eigenvalue weighted by Crippen LogP contribution is -2.25. The van der Waals surface area contributed by atoms with Gasteiger partial charge in [-0.1, -0.05) is 206 Å². The largest absolute Gasteiger partial charge is 0.321 e. The molecule has 3 heterocycles. The fourth-order valence-electron chi connectivity index (χ4n) is 10.7. The second kappa shape index (κ2) is 15.6. The van der Waals surface area contributed by atoms with Crippen molar-refractivity contribution in [2.45, 2.75) is 6.67 Å². The summed E-state index contributed by atoms with van der Waals surface area (Å²) in [5, 5.41) is 7.39. The lowest BCUT2D eigenvalue weighted by molar-refractivity contribution is 0.795. The SMILES string of the molecule is c1ccc(-c2cccc(-c3ccccc3)c2N2CN(c3cccc(N4Cn5c6c(-c7ccccc7)cccc6c6ccccc6c6ccccc6c6cccc4c65)c3)c3ccccc32)cc1. The molecule has 2 aliphatic rings. The van der Waals surface area contributed by atoms with E-state index in [1.54, 1.807) is 0 Å². The van der Waals surface area contributed by atoms with Crippen molar-refractivity contribution in [2.75, 3.05) is 21.4 Å². The van der Waals surface area contributed by atoms with Crippen molar-refractivity contribution in [3.8, 4) is 33.4 Å². The molecule has 312 valence electrons. The second-order valence-corrected chi connectivity index (χ2v) is 17.3. The Bertz CT molecular complexity index is 3670. The Hall–Kier alpha value is -8.60. The molecule has 0 amide bonds. The summed E-state index contributed by atoms with van der Waals surface area (Å²) >= 11 is 0. The first-order valence-corrected chi connectivity index (χ1v) is 22.8. The molecule has 10 aromatic carbocycles. The van der Waals surface area contributed by atoms with E-state index in [-0.39, 0.29) is 0 Å². The highest BCUT2D eigenvalue weighted by atomic mass is 15.4. The number of fused-ring (bicyclic) bond motifs is 8. The Balaban J connectivity index is 1.01. The van der Waals surface area contributed by atoms with Crippen LogP contribution in [-0.4, -0.2) is 11.2 Å². The molecule has 11 aromatic rings. The summed E-state index contributed by atoms with van der Waals surface area (Å²) in [6, 6.07) is 88.9. The fraction of sp³-hybridized carbons (Fsp3) is 0.0323. The molecule has 13 rings (SSSR count). The van der Waals surface area contributed by atoms with Gasteiger partial charge in [-0.3, -0.25) is 0 Å². The molecular weight excluding hydrogens is 801 g/mol. The van der Waals surface area contributed by atoms with Crippen molar-refractivity contribution in [1.82, 2.24) is 4.57 Å². The monoisotopic (exact) mass is 844 g/mol. The van der Waals surface area contributed by atoms with Crippen LogP contribution in [0, 0.1) is 0 Å². The highest BCUT2D eigenvalue weighted by molar-refractivity contribution is 6.22. The van der Waals surface area contributed by atoms with Gasteiger partial charge in [0.1, 0.15) is 13.3 Å². The van der Waals surface area contributed by atoms with Crippen LogP contribution >= 0.6 is 0 Å². The van der Waals surface area contributed by atoms with Crippen LogP contribution < -0.4 is 14.7 Å². The summed E-state index contributed by atoms with van der Waals surface area (Å²) in [5.41, 5.74) is 16.7. The van der Waals surface area contributed by atoms with Crippen LogP contribution in [-0.2, 0) is 6.67 Å². The number of hydrogen-bond donors (Lipinski definition) is 0. The molecule has 4 heteroatoms. The molecule has 0 bridgehead atoms. The normalized spacial score (nSPS) is 12.9. The third-order valence-corrected chi connectivity index (χ3v) is 13.6. The molecule has 0 atom stereocenters. The summed E-state index contributed by atoms with van der Waals surface area (Å²) in [5.74, 6) is 0. The number of aromatic nitrogens is 1. The maximum atomic E-state index is 2.59. The molecule has 2 aliphatic heterocycles. The van der Waals surface area contributed by atoms with Crippen molar-refractivity contribution in [2.24, 2.45) is 0 Å². The average Bonchev–Trinajstić information content (AvgIpc) is 3.99. The zero-order valence-electron chi connectivity index (χ0n) is 36.3. The molecule has 1 aromatic heterocycles. The van der Waals surface area contributed by atoms with Gasteiger partial charge in [-0.25, -0.2) is 0 Å². The highest BCUT2D eigenvalue weighted by Crippen LogP contribution is 2.51. The number of para-hydroxylation sites is 5. The zero-order chi connectivity index (χ0) is 43.6. The van der Waals surface area contributed by atoms with E-state index >= 15 is 0 Å². The smallest absolute Gasteiger partial charge is 0.100 e. The van der Waals surface area contributed by atoms with Crippen LogP contribution in [0.3, 0.4) is 0 Å². The molecule has 0 N–H and O–H groups in total. The predicted molar refractivity (Wildman–Crippen MR) is 279 cm³/mol. The van der Waals surface area contributed by atoms with E-state index < -0.39 is 0 Å². The molecule has 0 spiro atoms. The molecule has 4 nitrogen and oxygen atoms in total. The number of anilines is 6. The second-order valence-electron chi connectivity index (χ2n) is 17.3. The average molecular weight is 845 g/mol. The summed E-state index contributed by atoms with van der Waals surface area (Å²) in [6.07, 6.45) is 0. The minimum Gasteiger partial charge on any atom is -0.321 e. The first-order valence-electron chi connectivity index (χ1n) is 22.8. The molecule has 0 aliphatic carbocycles. The van der Waals surface area contributed by atoms with Gasteiger partial charge in [0.05, 0.1) is 33.8 Å². The van der Waals surface area contributed by atoms with E-state index in [1.165, 1.54) is 99.5 Å². The standard InChI is InChI=1S/C62H44N4/c1-4-20-43(21-5-1)48-32-17-33-49(44-22-6-2-7-23-44)60(48)65-41-63(57-37-14-15-38-58(57)65)46-26-16-27-47(40-46)64-42-66-61-50(45-24-8-3-9-25-45)34-18-35-55(61)53-30-12-10-28-51(53)52-29-11-13-31-54(52)56-36-19-39-59(64)62(56)66/h1-40H,41-42H2. The van der Waals surface area contributed by atoms with Gasteiger partial charge in [-0.2, -0.15) is 0 Å². The Morgan fingerprint density at radius 1 is 0.258 bits per heavy atom. The van der Waals surface area contributed by atoms with Gasteiger partial charge in [0.25, 0.3) is 0 Å². The lowest BCUT2D eigenvalue weighted by Gasteiger charge is -2.28. The van der Waals surface area contributed by atoms with Gasteiger partial charge in [-0.05, 0) is 74.6 Å². The van der Waals surface area contributed by atoms with Crippen molar-refractivity contribution >= 4 is 77.5 Å². The van der Waals surface area contributed by atoms with Crippen LogP contribution in [0.4, 0.5) is 34.1 Å². The van der Waals surface area contributed by atoms with Crippen LogP contribution in [0.15, 0.2) is 243 Å². The molecular formula is C62H44N4. The molecule has 0 radical (unpaired) electrons. The molecule has 0 fully saturated rings. The van der Waals surface area contributed by atoms with E-state index in [2.05, 4.69) is 262 Å².